The average molecular weight is 299 g/mol. The van der Waals surface area contributed by atoms with Crippen LogP contribution >= 0.6 is 11.3 Å². The lowest BCUT2D eigenvalue weighted by atomic mass is 10.1. The molecule has 2 N–H and O–H groups in total. The zero-order chi connectivity index (χ0) is 15.2. The number of nitrogens with zero attached hydrogens (tertiary/aromatic N) is 1. The van der Waals surface area contributed by atoms with Crippen LogP contribution in [0.3, 0.4) is 0 Å². The Kier molecular flexibility index (Phi) is 4.96. The highest BCUT2D eigenvalue weighted by molar-refractivity contribution is 7.12. The van der Waals surface area contributed by atoms with Crippen LogP contribution in [0.2, 0.25) is 0 Å². The molecule has 0 aliphatic heterocycles. The monoisotopic (exact) mass is 299 g/mol. The van der Waals surface area contributed by atoms with E-state index >= 15 is 0 Å². The average Bonchev–Trinajstić information content (AvgIpc) is 2.94. The summed E-state index contributed by atoms with van der Waals surface area (Å²) in [6, 6.07) is 11.5. The minimum absolute atomic E-state index is 0.0518. The van der Waals surface area contributed by atoms with Crippen LogP contribution in [-0.4, -0.2) is 12.5 Å². The Balaban J connectivity index is 2.04. The Labute approximate surface area is 128 Å². The number of aryl methyl sites for hydroxylation is 1. The van der Waals surface area contributed by atoms with Crippen molar-refractivity contribution in [1.82, 2.24) is 5.32 Å². The van der Waals surface area contributed by atoms with Crippen molar-refractivity contribution in [3.8, 4) is 6.07 Å². The zero-order valence-corrected chi connectivity index (χ0v) is 12.9. The number of nitriles is 1. The molecule has 0 radical (unpaired) electrons. The third kappa shape index (κ3) is 3.83. The van der Waals surface area contributed by atoms with Gasteiger partial charge in [-0.2, -0.15) is 5.26 Å². The fraction of sp³-hybridized carbons (Fsp3) is 0.250. The highest BCUT2D eigenvalue weighted by Crippen LogP contribution is 2.20. The molecular formula is C16H17N3OS. The second-order valence-corrected chi connectivity index (χ2v) is 5.79. The van der Waals surface area contributed by atoms with Crippen LogP contribution in [0.5, 0.6) is 0 Å². The lowest BCUT2D eigenvalue weighted by Gasteiger charge is -2.10. The van der Waals surface area contributed by atoms with Gasteiger partial charge in [-0.05, 0) is 49.7 Å². The molecule has 0 atom stereocenters. The van der Waals surface area contributed by atoms with Gasteiger partial charge in [-0.1, -0.05) is 0 Å². The number of hydrogen-bond acceptors (Lipinski definition) is 4. The normalized spacial score (nSPS) is 9.95. The Morgan fingerprint density at radius 3 is 2.76 bits per heavy atom. The number of rotatable bonds is 5. The summed E-state index contributed by atoms with van der Waals surface area (Å²) in [7, 11) is 0. The molecule has 5 heteroatoms. The van der Waals surface area contributed by atoms with E-state index in [2.05, 4.69) is 16.7 Å². The Morgan fingerprint density at radius 1 is 1.33 bits per heavy atom. The van der Waals surface area contributed by atoms with Gasteiger partial charge in [0.25, 0.3) is 5.91 Å². The lowest BCUT2D eigenvalue weighted by Crippen LogP contribution is -2.22. The summed E-state index contributed by atoms with van der Waals surface area (Å²) >= 11 is 1.48. The second kappa shape index (κ2) is 6.91. The van der Waals surface area contributed by atoms with Gasteiger partial charge in [0.1, 0.15) is 10.9 Å². The maximum atomic E-state index is 11.8. The van der Waals surface area contributed by atoms with Crippen LogP contribution in [0.1, 0.15) is 32.6 Å². The van der Waals surface area contributed by atoms with Crippen molar-refractivity contribution in [3.63, 3.8) is 0 Å². The molecule has 1 aromatic carbocycles. The molecule has 1 aromatic heterocycles. The van der Waals surface area contributed by atoms with Crippen molar-refractivity contribution >= 4 is 22.9 Å². The topological polar surface area (TPSA) is 64.9 Å². The third-order valence-corrected chi connectivity index (χ3v) is 4.04. The molecule has 0 aliphatic carbocycles. The summed E-state index contributed by atoms with van der Waals surface area (Å²) in [5.74, 6) is -0.0518. The Hall–Kier alpha value is -2.32. The first-order valence-corrected chi connectivity index (χ1v) is 7.57. The molecule has 0 spiro atoms. The van der Waals surface area contributed by atoms with Crippen molar-refractivity contribution in [2.45, 2.75) is 20.4 Å². The molecule has 1 heterocycles. The molecule has 0 saturated carbocycles. The maximum absolute atomic E-state index is 11.8. The minimum atomic E-state index is -0.0518. The number of hydrogen-bond donors (Lipinski definition) is 2. The van der Waals surface area contributed by atoms with Crippen molar-refractivity contribution in [1.29, 1.82) is 5.26 Å². The number of carbonyl (C=O) groups excluding carboxylic acids is 1. The first kappa shape index (κ1) is 15.1. The number of nitrogens with one attached hydrogen (secondary N) is 2. The lowest BCUT2D eigenvalue weighted by molar-refractivity contribution is 0.0956. The summed E-state index contributed by atoms with van der Waals surface area (Å²) in [6.45, 7) is 5.17. The minimum Gasteiger partial charge on any atom is -0.380 e. The van der Waals surface area contributed by atoms with Gasteiger partial charge in [0.15, 0.2) is 0 Å². The predicted molar refractivity (Wildman–Crippen MR) is 85.5 cm³/mol. The molecule has 21 heavy (non-hydrogen) atoms. The van der Waals surface area contributed by atoms with Gasteiger partial charge in [0, 0.05) is 29.2 Å². The van der Waals surface area contributed by atoms with Gasteiger partial charge in [0.2, 0.25) is 0 Å². The van der Waals surface area contributed by atoms with Crippen LogP contribution in [-0.2, 0) is 6.54 Å². The largest absolute Gasteiger partial charge is 0.380 e. The van der Waals surface area contributed by atoms with E-state index in [0.717, 1.165) is 21.0 Å². The molecule has 1 amide bonds. The summed E-state index contributed by atoms with van der Waals surface area (Å²) in [5.41, 5.74) is 2.69. The van der Waals surface area contributed by atoms with Crippen molar-refractivity contribution in [2.75, 3.05) is 11.9 Å². The van der Waals surface area contributed by atoms with E-state index in [0.29, 0.717) is 18.7 Å². The molecule has 0 fully saturated rings. The van der Waals surface area contributed by atoms with E-state index in [-0.39, 0.29) is 5.91 Å². The fourth-order valence-corrected chi connectivity index (χ4v) is 2.73. The van der Waals surface area contributed by atoms with E-state index in [1.54, 1.807) is 0 Å². The smallest absolute Gasteiger partial charge is 0.251 e. The molecule has 2 rings (SSSR count). The Bertz CT molecular complexity index is 685. The van der Waals surface area contributed by atoms with Gasteiger partial charge in [-0.3, -0.25) is 4.79 Å². The molecular weight excluding hydrogens is 282 g/mol. The second-order valence-electron chi connectivity index (χ2n) is 4.62. The van der Waals surface area contributed by atoms with Crippen molar-refractivity contribution in [3.05, 3.63) is 51.2 Å². The molecule has 0 bridgehead atoms. The first-order valence-electron chi connectivity index (χ1n) is 6.75. The van der Waals surface area contributed by atoms with Crippen LogP contribution in [0.15, 0.2) is 30.3 Å². The molecule has 4 nitrogen and oxygen atoms in total. The Morgan fingerprint density at radius 2 is 2.14 bits per heavy atom. The SMILES string of the molecule is CCNC(=O)c1ccc(NCc2ccc(C#N)s2)c(C)c1. The van der Waals surface area contributed by atoms with E-state index in [1.165, 1.54) is 11.3 Å². The summed E-state index contributed by atoms with van der Waals surface area (Å²) in [6.07, 6.45) is 0. The molecule has 0 saturated heterocycles. The fourth-order valence-electron chi connectivity index (χ4n) is 1.98. The van der Waals surface area contributed by atoms with Gasteiger partial charge in [0.05, 0.1) is 0 Å². The van der Waals surface area contributed by atoms with Crippen LogP contribution in [0, 0.1) is 18.3 Å². The molecule has 0 unspecified atom stereocenters. The standard InChI is InChI=1S/C16H17N3OS/c1-3-18-16(20)12-4-7-15(11(2)8-12)19-10-14-6-5-13(9-17)21-14/h4-8,19H,3,10H2,1-2H3,(H,18,20). The summed E-state index contributed by atoms with van der Waals surface area (Å²) in [4.78, 5) is 13.6. The van der Waals surface area contributed by atoms with Crippen LogP contribution in [0.4, 0.5) is 5.69 Å². The zero-order valence-electron chi connectivity index (χ0n) is 12.1. The third-order valence-electron chi connectivity index (χ3n) is 3.05. The number of benzene rings is 1. The van der Waals surface area contributed by atoms with Crippen LogP contribution < -0.4 is 10.6 Å². The van der Waals surface area contributed by atoms with E-state index < -0.39 is 0 Å². The first-order chi connectivity index (χ1) is 10.1. The van der Waals surface area contributed by atoms with E-state index in [9.17, 15) is 4.79 Å². The van der Waals surface area contributed by atoms with Gasteiger partial charge < -0.3 is 10.6 Å². The molecule has 0 aliphatic rings. The maximum Gasteiger partial charge on any atom is 0.251 e. The summed E-state index contributed by atoms with van der Waals surface area (Å²) in [5, 5.41) is 14.9. The summed E-state index contributed by atoms with van der Waals surface area (Å²) < 4.78 is 0. The van der Waals surface area contributed by atoms with Gasteiger partial charge in [-0.15, -0.1) is 11.3 Å². The number of thiophene rings is 1. The quantitative estimate of drug-likeness (QED) is 0.890. The van der Waals surface area contributed by atoms with E-state index in [4.69, 9.17) is 5.26 Å². The number of carbonyl (C=O) groups is 1. The molecule has 2 aromatic rings. The predicted octanol–water partition coefficient (Wildman–Crippen LogP) is 3.29. The highest BCUT2D eigenvalue weighted by atomic mass is 32.1. The van der Waals surface area contributed by atoms with Gasteiger partial charge in [-0.25, -0.2) is 0 Å². The highest BCUT2D eigenvalue weighted by Gasteiger charge is 2.07. The van der Waals surface area contributed by atoms with Gasteiger partial charge >= 0.3 is 0 Å². The van der Waals surface area contributed by atoms with Crippen molar-refractivity contribution < 1.29 is 4.79 Å². The number of amides is 1. The van der Waals surface area contributed by atoms with Crippen molar-refractivity contribution in [2.24, 2.45) is 0 Å². The molecule has 108 valence electrons. The number of anilines is 1. The van der Waals surface area contributed by atoms with Crippen LogP contribution in [0.25, 0.3) is 0 Å². The van der Waals surface area contributed by atoms with E-state index in [1.807, 2.05) is 44.2 Å².